The highest BCUT2D eigenvalue weighted by Gasteiger charge is 2.42. The van der Waals surface area contributed by atoms with Gasteiger partial charge in [-0.25, -0.2) is 4.39 Å². The van der Waals surface area contributed by atoms with Crippen LogP contribution in [0.3, 0.4) is 0 Å². The molecule has 2 bridgehead atoms. The first kappa shape index (κ1) is 19.9. The van der Waals surface area contributed by atoms with E-state index in [1.54, 1.807) is 18.2 Å². The number of hydrogen-bond acceptors (Lipinski definition) is 4. The molecule has 2 aromatic carbocycles. The molecule has 0 spiro atoms. The smallest absolute Gasteiger partial charge is 0.251 e. The average molecular weight is 417 g/mol. The van der Waals surface area contributed by atoms with Crippen molar-refractivity contribution in [1.82, 2.24) is 10.6 Å². The van der Waals surface area contributed by atoms with Gasteiger partial charge in [0.15, 0.2) is 5.78 Å². The Labute approximate surface area is 180 Å². The van der Waals surface area contributed by atoms with Crippen LogP contribution in [-0.4, -0.2) is 23.8 Å². The van der Waals surface area contributed by atoms with Gasteiger partial charge in [-0.3, -0.25) is 9.59 Å². The molecule has 4 atom stereocenters. The van der Waals surface area contributed by atoms with Crippen LogP contribution in [0, 0.1) is 29.0 Å². The van der Waals surface area contributed by atoms with Crippen LogP contribution < -0.4 is 10.6 Å². The van der Waals surface area contributed by atoms with Crippen molar-refractivity contribution in [2.75, 3.05) is 0 Å². The fourth-order valence-electron chi connectivity index (χ4n) is 5.30. The second kappa shape index (κ2) is 7.90. The second-order valence-corrected chi connectivity index (χ2v) is 8.98. The molecule has 2 heterocycles. The van der Waals surface area contributed by atoms with Gasteiger partial charge in [0.1, 0.15) is 5.82 Å². The molecule has 0 unspecified atom stereocenters. The van der Waals surface area contributed by atoms with Crippen molar-refractivity contribution < 1.29 is 14.0 Å². The molecule has 2 aliphatic heterocycles. The second-order valence-electron chi connectivity index (χ2n) is 8.98. The minimum absolute atomic E-state index is 0.0761. The number of carbonyl (C=O) groups is 2. The third-order valence-electron chi connectivity index (χ3n) is 6.98. The van der Waals surface area contributed by atoms with E-state index in [-0.39, 0.29) is 30.6 Å². The number of benzene rings is 2. The number of piperidine rings is 1. The molecule has 1 amide bonds. The molecule has 5 rings (SSSR count). The Morgan fingerprint density at radius 1 is 1.19 bits per heavy atom. The third-order valence-corrected chi connectivity index (χ3v) is 6.98. The van der Waals surface area contributed by atoms with E-state index in [0.717, 1.165) is 30.4 Å². The molecular weight excluding hydrogens is 393 g/mol. The molecule has 0 radical (unpaired) electrons. The Morgan fingerprint density at radius 2 is 2.00 bits per heavy atom. The summed E-state index contributed by atoms with van der Waals surface area (Å²) in [5, 5.41) is 15.7. The van der Waals surface area contributed by atoms with E-state index in [1.807, 2.05) is 12.1 Å². The molecule has 3 aliphatic rings. The molecule has 5 nitrogen and oxygen atoms in total. The summed E-state index contributed by atoms with van der Waals surface area (Å²) >= 11 is 0. The van der Waals surface area contributed by atoms with Crippen molar-refractivity contribution in [3.05, 3.63) is 58.9 Å². The van der Waals surface area contributed by atoms with E-state index >= 15 is 0 Å². The largest absolute Gasteiger partial charge is 0.348 e. The van der Waals surface area contributed by atoms with Gasteiger partial charge in [0.2, 0.25) is 0 Å². The summed E-state index contributed by atoms with van der Waals surface area (Å²) in [4.78, 5) is 24.6. The summed E-state index contributed by atoms with van der Waals surface area (Å²) in [6, 6.07) is 13.0. The summed E-state index contributed by atoms with van der Waals surface area (Å²) in [5.74, 6) is -0.583. The van der Waals surface area contributed by atoms with Crippen LogP contribution in [0.4, 0.5) is 4.39 Å². The zero-order chi connectivity index (χ0) is 21.5. The Balaban J connectivity index is 1.28. The van der Waals surface area contributed by atoms with E-state index in [9.17, 15) is 19.2 Å². The van der Waals surface area contributed by atoms with Crippen LogP contribution in [-0.2, 0) is 17.8 Å². The average Bonchev–Trinajstić information content (AvgIpc) is 3.50. The van der Waals surface area contributed by atoms with Crippen LogP contribution in [0.15, 0.2) is 36.4 Å². The number of hydrogen-bond donors (Lipinski definition) is 2. The standard InChI is InChI=1S/C25H24FN3O2/c26-22-11-16(15-2-4-19-13-28-25(31)21(19)10-15)1-3-17(22)7-14(12-27)8-23(30)24-18-5-6-20(9-18)29-24/h1-4,10-11,14,18,20,24,29H,5-9,13H2,(H,28,31)/t14-,18+,20-,24+/m1/s1. The molecule has 1 aliphatic carbocycles. The quantitative estimate of drug-likeness (QED) is 0.754. The van der Waals surface area contributed by atoms with Gasteiger partial charge in [0.25, 0.3) is 5.91 Å². The van der Waals surface area contributed by atoms with E-state index < -0.39 is 11.7 Å². The van der Waals surface area contributed by atoms with Crippen LogP contribution in [0.1, 0.15) is 47.2 Å². The van der Waals surface area contributed by atoms with Crippen molar-refractivity contribution in [3.63, 3.8) is 0 Å². The molecule has 1 saturated heterocycles. The Morgan fingerprint density at radius 3 is 2.71 bits per heavy atom. The maximum atomic E-state index is 14.9. The van der Waals surface area contributed by atoms with Gasteiger partial charge in [-0.05, 0) is 66.0 Å². The molecule has 31 heavy (non-hydrogen) atoms. The first-order valence-corrected chi connectivity index (χ1v) is 10.9. The summed E-state index contributed by atoms with van der Waals surface area (Å²) in [6.45, 7) is 0.522. The number of rotatable bonds is 6. The lowest BCUT2D eigenvalue weighted by atomic mass is 9.88. The number of amides is 1. The maximum absolute atomic E-state index is 14.9. The van der Waals surface area contributed by atoms with Crippen molar-refractivity contribution in [2.45, 2.75) is 50.7 Å². The summed E-state index contributed by atoms with van der Waals surface area (Å²) in [6.07, 6.45) is 3.61. The van der Waals surface area contributed by atoms with Crippen molar-refractivity contribution in [3.8, 4) is 17.2 Å². The predicted molar refractivity (Wildman–Crippen MR) is 113 cm³/mol. The van der Waals surface area contributed by atoms with Crippen LogP contribution >= 0.6 is 0 Å². The van der Waals surface area contributed by atoms with E-state index in [4.69, 9.17) is 0 Å². The lowest BCUT2D eigenvalue weighted by Gasteiger charge is -2.22. The predicted octanol–water partition coefficient (Wildman–Crippen LogP) is 3.52. The first-order chi connectivity index (χ1) is 15.0. The number of fused-ring (bicyclic) bond motifs is 3. The number of halogens is 1. The number of carbonyl (C=O) groups excluding carboxylic acids is 2. The SMILES string of the molecule is N#C[C@@H](CC(=O)[C@H]1N[C@@H]2CC[C@H]1C2)Cc1ccc(-c2ccc3c(c2)C(=O)NC3)cc1F. The minimum Gasteiger partial charge on any atom is -0.348 e. The molecule has 2 fully saturated rings. The number of nitriles is 1. The third kappa shape index (κ3) is 3.75. The lowest BCUT2D eigenvalue weighted by Crippen LogP contribution is -2.42. The van der Waals surface area contributed by atoms with Crippen LogP contribution in [0.5, 0.6) is 0 Å². The number of nitrogens with zero attached hydrogens (tertiary/aromatic N) is 1. The summed E-state index contributed by atoms with van der Waals surface area (Å²) in [5.41, 5.74) is 3.45. The lowest BCUT2D eigenvalue weighted by molar-refractivity contribution is -0.122. The zero-order valence-electron chi connectivity index (χ0n) is 17.2. The minimum atomic E-state index is -0.544. The Bertz CT molecular complexity index is 1110. The fraction of sp³-hybridized carbons (Fsp3) is 0.400. The Kier molecular flexibility index (Phi) is 5.07. The molecule has 158 valence electrons. The van der Waals surface area contributed by atoms with Crippen LogP contribution in [0.25, 0.3) is 11.1 Å². The van der Waals surface area contributed by atoms with Gasteiger partial charge in [-0.15, -0.1) is 0 Å². The van der Waals surface area contributed by atoms with Gasteiger partial charge < -0.3 is 10.6 Å². The monoisotopic (exact) mass is 417 g/mol. The summed E-state index contributed by atoms with van der Waals surface area (Å²) in [7, 11) is 0. The van der Waals surface area contributed by atoms with Gasteiger partial charge in [0.05, 0.1) is 18.0 Å². The fourth-order valence-corrected chi connectivity index (χ4v) is 5.30. The van der Waals surface area contributed by atoms with E-state index in [0.29, 0.717) is 35.2 Å². The Hall–Kier alpha value is -3.04. The van der Waals surface area contributed by atoms with Crippen molar-refractivity contribution in [2.24, 2.45) is 11.8 Å². The molecular formula is C25H24FN3O2. The molecule has 6 heteroatoms. The summed E-state index contributed by atoms with van der Waals surface area (Å²) < 4.78 is 14.9. The van der Waals surface area contributed by atoms with Crippen molar-refractivity contribution in [1.29, 1.82) is 5.26 Å². The number of ketones is 1. The van der Waals surface area contributed by atoms with Gasteiger partial charge >= 0.3 is 0 Å². The van der Waals surface area contributed by atoms with E-state index in [2.05, 4.69) is 16.7 Å². The normalized spacial score (nSPS) is 24.5. The molecule has 1 saturated carbocycles. The van der Waals surface area contributed by atoms with Gasteiger partial charge in [-0.2, -0.15) is 5.26 Å². The first-order valence-electron chi connectivity index (χ1n) is 10.9. The number of Topliss-reactive ketones (excluding diaryl/α,β-unsaturated/α-hetero) is 1. The number of nitrogens with one attached hydrogen (secondary N) is 2. The van der Waals surface area contributed by atoms with Crippen molar-refractivity contribution >= 4 is 11.7 Å². The molecule has 2 N–H and O–H groups in total. The van der Waals surface area contributed by atoms with Gasteiger partial charge in [0, 0.05) is 24.6 Å². The topological polar surface area (TPSA) is 82.0 Å². The molecule has 2 aromatic rings. The highest BCUT2D eigenvalue weighted by atomic mass is 19.1. The highest BCUT2D eigenvalue weighted by molar-refractivity contribution is 5.99. The van der Waals surface area contributed by atoms with Crippen LogP contribution in [0.2, 0.25) is 0 Å². The highest BCUT2D eigenvalue weighted by Crippen LogP contribution is 2.36. The zero-order valence-corrected chi connectivity index (χ0v) is 17.2. The van der Waals surface area contributed by atoms with Gasteiger partial charge in [-0.1, -0.05) is 24.3 Å². The maximum Gasteiger partial charge on any atom is 0.251 e. The molecule has 0 aromatic heterocycles. The van der Waals surface area contributed by atoms with E-state index in [1.165, 1.54) is 6.07 Å².